The first-order valence-corrected chi connectivity index (χ1v) is 7.77. The monoisotopic (exact) mass is 327 g/mol. The Morgan fingerprint density at radius 1 is 1.04 bits per heavy atom. The van der Waals surface area contributed by atoms with Gasteiger partial charge in [0.1, 0.15) is 0 Å². The number of aliphatic hydroxyl groups excluding tert-OH is 1. The van der Waals surface area contributed by atoms with Crippen molar-refractivity contribution in [3.05, 3.63) is 59.7 Å². The van der Waals surface area contributed by atoms with Gasteiger partial charge in [-0.3, -0.25) is 4.79 Å². The lowest BCUT2D eigenvalue weighted by molar-refractivity contribution is -0.140. The van der Waals surface area contributed by atoms with Crippen molar-refractivity contribution < 1.29 is 19.8 Å². The van der Waals surface area contributed by atoms with Gasteiger partial charge in [0.2, 0.25) is 0 Å². The fraction of sp³-hybridized carbons (Fsp3) is 0.263. The van der Waals surface area contributed by atoms with E-state index in [2.05, 4.69) is 31.3 Å². The van der Waals surface area contributed by atoms with E-state index in [4.69, 9.17) is 10.2 Å². The van der Waals surface area contributed by atoms with Crippen LogP contribution in [0.15, 0.2) is 48.5 Å². The minimum atomic E-state index is -1.31. The highest BCUT2D eigenvalue weighted by atomic mass is 16.4. The summed E-state index contributed by atoms with van der Waals surface area (Å²) in [4.78, 5) is 23.1. The van der Waals surface area contributed by atoms with E-state index in [-0.39, 0.29) is 0 Å². The van der Waals surface area contributed by atoms with Gasteiger partial charge in [0.05, 0.1) is 6.61 Å². The quantitative estimate of drug-likeness (QED) is 0.761. The number of carbonyl (C=O) groups excluding carboxylic acids is 1. The van der Waals surface area contributed by atoms with Crippen molar-refractivity contribution in [2.75, 3.05) is 6.61 Å². The summed E-state index contributed by atoms with van der Waals surface area (Å²) >= 11 is 0. The van der Waals surface area contributed by atoms with Crippen molar-refractivity contribution in [2.24, 2.45) is 0 Å². The van der Waals surface area contributed by atoms with Crippen molar-refractivity contribution in [2.45, 2.75) is 25.8 Å². The highest BCUT2D eigenvalue weighted by Crippen LogP contribution is 2.23. The maximum Gasteiger partial charge on any atom is 0.328 e. The highest BCUT2D eigenvalue weighted by Gasteiger charge is 2.19. The number of nitrogens with one attached hydrogen (secondary N) is 1. The molecule has 0 aliphatic heterocycles. The number of carbonyl (C=O) groups is 2. The van der Waals surface area contributed by atoms with Gasteiger partial charge >= 0.3 is 5.97 Å². The molecule has 2 aromatic rings. The SMILES string of the molecule is CC(C)c1ccc(-c2cccc(C(=O)NC(CO)C(=O)O)c2)cc1. The van der Waals surface area contributed by atoms with Crippen LogP contribution in [0.5, 0.6) is 0 Å². The molecule has 0 aliphatic carbocycles. The second-order valence-corrected chi connectivity index (χ2v) is 5.90. The first kappa shape index (κ1) is 17.7. The molecular weight excluding hydrogens is 306 g/mol. The van der Waals surface area contributed by atoms with Crippen LogP contribution in [-0.4, -0.2) is 34.7 Å². The first-order valence-electron chi connectivity index (χ1n) is 7.77. The fourth-order valence-corrected chi connectivity index (χ4v) is 2.33. The average Bonchev–Trinajstić information content (AvgIpc) is 2.59. The van der Waals surface area contributed by atoms with Crippen LogP contribution in [0, 0.1) is 0 Å². The van der Waals surface area contributed by atoms with E-state index in [0.29, 0.717) is 11.5 Å². The Bertz CT molecular complexity index is 722. The van der Waals surface area contributed by atoms with Gasteiger partial charge < -0.3 is 15.5 Å². The fourth-order valence-electron chi connectivity index (χ4n) is 2.33. The van der Waals surface area contributed by atoms with Gasteiger partial charge in [-0.2, -0.15) is 0 Å². The van der Waals surface area contributed by atoms with E-state index in [1.54, 1.807) is 18.2 Å². The molecule has 3 N–H and O–H groups in total. The zero-order valence-electron chi connectivity index (χ0n) is 13.7. The third-order valence-corrected chi connectivity index (χ3v) is 3.82. The summed E-state index contributed by atoms with van der Waals surface area (Å²) in [6.45, 7) is 3.59. The molecule has 5 nitrogen and oxygen atoms in total. The number of hydrogen-bond donors (Lipinski definition) is 3. The van der Waals surface area contributed by atoms with Crippen molar-refractivity contribution in [3.8, 4) is 11.1 Å². The molecule has 0 spiro atoms. The summed E-state index contributed by atoms with van der Waals surface area (Å²) in [5.41, 5.74) is 3.43. The van der Waals surface area contributed by atoms with Crippen molar-refractivity contribution in [3.63, 3.8) is 0 Å². The Morgan fingerprint density at radius 3 is 2.25 bits per heavy atom. The smallest absolute Gasteiger partial charge is 0.328 e. The van der Waals surface area contributed by atoms with Crippen molar-refractivity contribution >= 4 is 11.9 Å². The Labute approximate surface area is 141 Å². The molecule has 1 unspecified atom stereocenters. The number of rotatable bonds is 6. The molecule has 2 rings (SSSR count). The molecule has 126 valence electrons. The van der Waals surface area contributed by atoms with E-state index in [0.717, 1.165) is 11.1 Å². The standard InChI is InChI=1S/C19H21NO4/c1-12(2)13-6-8-14(9-7-13)15-4-3-5-16(10-15)18(22)20-17(11-21)19(23)24/h3-10,12,17,21H,11H2,1-2H3,(H,20,22)(H,23,24). The lowest BCUT2D eigenvalue weighted by Crippen LogP contribution is -2.43. The van der Waals surface area contributed by atoms with Crippen LogP contribution < -0.4 is 5.32 Å². The Morgan fingerprint density at radius 2 is 1.71 bits per heavy atom. The molecule has 0 heterocycles. The summed E-state index contributed by atoms with van der Waals surface area (Å²) in [6, 6.07) is 13.7. The molecule has 5 heteroatoms. The predicted octanol–water partition coefficient (Wildman–Crippen LogP) is 2.65. The minimum Gasteiger partial charge on any atom is -0.480 e. The molecule has 24 heavy (non-hydrogen) atoms. The number of hydrogen-bond acceptors (Lipinski definition) is 3. The lowest BCUT2D eigenvalue weighted by atomic mass is 9.98. The van der Waals surface area contributed by atoms with Crippen molar-refractivity contribution in [1.29, 1.82) is 0 Å². The summed E-state index contributed by atoms with van der Waals surface area (Å²) < 4.78 is 0. The summed E-state index contributed by atoms with van der Waals surface area (Å²) in [5, 5.41) is 20.2. The summed E-state index contributed by atoms with van der Waals surface area (Å²) in [7, 11) is 0. The number of amides is 1. The zero-order chi connectivity index (χ0) is 17.7. The molecule has 2 aromatic carbocycles. The van der Waals surface area contributed by atoms with E-state index in [1.165, 1.54) is 5.56 Å². The molecule has 1 atom stereocenters. The van der Waals surface area contributed by atoms with Gasteiger partial charge in [-0.15, -0.1) is 0 Å². The predicted molar refractivity (Wildman–Crippen MR) is 91.9 cm³/mol. The molecular formula is C19H21NO4. The van der Waals surface area contributed by atoms with Crippen LogP contribution in [0.1, 0.15) is 35.7 Å². The number of carboxylic acids is 1. The van der Waals surface area contributed by atoms with Gasteiger partial charge in [0, 0.05) is 5.56 Å². The molecule has 0 aliphatic rings. The minimum absolute atomic E-state index is 0.347. The normalized spacial score (nSPS) is 12.0. The third-order valence-electron chi connectivity index (χ3n) is 3.82. The topological polar surface area (TPSA) is 86.6 Å². The maximum atomic E-state index is 12.2. The van der Waals surface area contributed by atoms with Gasteiger partial charge in [0.15, 0.2) is 6.04 Å². The average molecular weight is 327 g/mol. The van der Waals surface area contributed by atoms with Gasteiger partial charge in [-0.1, -0.05) is 50.2 Å². The number of aliphatic hydroxyl groups is 1. The van der Waals surface area contributed by atoms with E-state index >= 15 is 0 Å². The van der Waals surface area contributed by atoms with Crippen LogP contribution in [-0.2, 0) is 4.79 Å². The molecule has 0 radical (unpaired) electrons. The van der Waals surface area contributed by atoms with E-state index < -0.39 is 24.5 Å². The molecule has 0 saturated carbocycles. The van der Waals surface area contributed by atoms with Gasteiger partial charge in [0.25, 0.3) is 5.91 Å². The lowest BCUT2D eigenvalue weighted by Gasteiger charge is -2.12. The van der Waals surface area contributed by atoms with E-state index in [1.807, 2.05) is 18.2 Å². The molecule has 1 amide bonds. The van der Waals surface area contributed by atoms with Crippen LogP contribution in [0.25, 0.3) is 11.1 Å². The molecule has 0 fully saturated rings. The summed E-state index contributed by atoms with van der Waals surface area (Å²) in [5.74, 6) is -1.36. The van der Waals surface area contributed by atoms with Crippen LogP contribution in [0.2, 0.25) is 0 Å². The van der Waals surface area contributed by atoms with Crippen LogP contribution in [0.4, 0.5) is 0 Å². The van der Waals surface area contributed by atoms with Gasteiger partial charge in [-0.05, 0) is 34.7 Å². The molecule has 0 aromatic heterocycles. The summed E-state index contributed by atoms with van der Waals surface area (Å²) in [6.07, 6.45) is 0. The molecule has 0 saturated heterocycles. The van der Waals surface area contributed by atoms with Crippen molar-refractivity contribution in [1.82, 2.24) is 5.32 Å². The first-order chi connectivity index (χ1) is 11.4. The van der Waals surface area contributed by atoms with E-state index in [9.17, 15) is 9.59 Å². The second-order valence-electron chi connectivity index (χ2n) is 5.90. The number of benzene rings is 2. The Hall–Kier alpha value is -2.66. The largest absolute Gasteiger partial charge is 0.480 e. The molecule has 0 bridgehead atoms. The number of aliphatic carboxylic acids is 1. The van der Waals surface area contributed by atoms with Crippen LogP contribution in [0.3, 0.4) is 0 Å². The highest BCUT2D eigenvalue weighted by molar-refractivity contribution is 5.97. The Balaban J connectivity index is 2.22. The van der Waals surface area contributed by atoms with Crippen LogP contribution >= 0.6 is 0 Å². The second kappa shape index (κ2) is 7.75. The number of carboxylic acid groups (broad SMARTS) is 1. The van der Waals surface area contributed by atoms with Gasteiger partial charge in [-0.25, -0.2) is 4.79 Å². The zero-order valence-corrected chi connectivity index (χ0v) is 13.7. The maximum absolute atomic E-state index is 12.2. The Kier molecular flexibility index (Phi) is 5.71. The third kappa shape index (κ3) is 4.20.